The molecule has 2 N–H and O–H groups in total. The van der Waals surface area contributed by atoms with Crippen LogP contribution in [0.3, 0.4) is 0 Å². The first kappa shape index (κ1) is 17.5. The van der Waals surface area contributed by atoms with Gasteiger partial charge in [0.2, 0.25) is 0 Å². The molecule has 0 bridgehead atoms. The van der Waals surface area contributed by atoms with E-state index < -0.39 is 0 Å². The summed E-state index contributed by atoms with van der Waals surface area (Å²) in [7, 11) is 0. The summed E-state index contributed by atoms with van der Waals surface area (Å²) in [6.07, 6.45) is 6.90. The van der Waals surface area contributed by atoms with Crippen molar-refractivity contribution in [2.24, 2.45) is 0 Å². The minimum Gasteiger partial charge on any atom is -0.382 e. The van der Waals surface area contributed by atoms with Crippen molar-refractivity contribution < 1.29 is 4.39 Å². The fourth-order valence-electron chi connectivity index (χ4n) is 4.13. The molecule has 1 saturated carbocycles. The van der Waals surface area contributed by atoms with Crippen molar-refractivity contribution in [1.29, 1.82) is 0 Å². The van der Waals surface area contributed by atoms with Gasteiger partial charge in [0.15, 0.2) is 5.82 Å². The third-order valence-corrected chi connectivity index (χ3v) is 6.80. The van der Waals surface area contributed by atoms with Gasteiger partial charge in [0.05, 0.1) is 10.6 Å². The van der Waals surface area contributed by atoms with Gasteiger partial charge in [0, 0.05) is 29.3 Å². The molecule has 7 heteroatoms. The van der Waals surface area contributed by atoms with Gasteiger partial charge in [-0.1, -0.05) is 24.6 Å². The average Bonchev–Trinajstić information content (AvgIpc) is 3.37. The largest absolute Gasteiger partial charge is 0.382 e. The Kier molecular flexibility index (Phi) is 3.86. The van der Waals surface area contributed by atoms with Gasteiger partial charge in [-0.05, 0) is 36.4 Å². The van der Waals surface area contributed by atoms with Crippen LogP contribution in [0, 0.1) is 5.82 Å². The van der Waals surface area contributed by atoms with E-state index in [2.05, 4.69) is 9.97 Å². The van der Waals surface area contributed by atoms with E-state index in [0.29, 0.717) is 34.0 Å². The first-order valence-electron chi connectivity index (χ1n) is 9.96. The van der Waals surface area contributed by atoms with Crippen LogP contribution in [0.15, 0.2) is 54.2 Å². The number of halogens is 1. The van der Waals surface area contributed by atoms with Crippen LogP contribution in [0.5, 0.6) is 0 Å². The number of hydrogen-bond donors (Lipinski definition) is 1. The maximum absolute atomic E-state index is 15.8. The number of anilines is 1. The third kappa shape index (κ3) is 2.55. The van der Waals surface area contributed by atoms with E-state index in [-0.39, 0.29) is 5.82 Å². The lowest BCUT2D eigenvalue weighted by Crippen LogP contribution is -2.12. The lowest BCUT2D eigenvalue weighted by Gasteiger charge is -2.23. The van der Waals surface area contributed by atoms with Crippen LogP contribution in [0.2, 0.25) is 0 Å². The fraction of sp³-hybridized carbons (Fsp3) is 0.174. The standard InChI is InChI=1S/C23H18FN5S/c24-18-15(8-6-13-7-9-16(27-19(13)18)17-5-2-12-30-17)20-21-22(25)26-10-11-29(21)23(28-20)14-3-1-4-14/h2,5-12,14H,1,3-4H2,(H2,25,26). The number of nitrogens with zero attached hydrogens (tertiary/aromatic N) is 4. The van der Waals surface area contributed by atoms with Gasteiger partial charge >= 0.3 is 0 Å². The summed E-state index contributed by atoms with van der Waals surface area (Å²) >= 11 is 1.58. The van der Waals surface area contributed by atoms with Crippen LogP contribution in [0.25, 0.3) is 38.2 Å². The molecule has 5 nitrogen and oxygen atoms in total. The Morgan fingerprint density at radius 3 is 2.73 bits per heavy atom. The highest BCUT2D eigenvalue weighted by Gasteiger charge is 2.28. The Balaban J connectivity index is 1.60. The highest BCUT2D eigenvalue weighted by molar-refractivity contribution is 7.13. The number of rotatable bonds is 3. The van der Waals surface area contributed by atoms with E-state index in [4.69, 9.17) is 10.7 Å². The predicted molar refractivity (Wildman–Crippen MR) is 118 cm³/mol. The Labute approximate surface area is 176 Å². The summed E-state index contributed by atoms with van der Waals surface area (Å²) in [5, 5.41) is 2.74. The van der Waals surface area contributed by atoms with Crippen molar-refractivity contribution >= 4 is 33.6 Å². The number of benzene rings is 1. The first-order valence-corrected chi connectivity index (χ1v) is 10.8. The molecule has 0 amide bonds. The molecule has 1 aromatic carbocycles. The quantitative estimate of drug-likeness (QED) is 0.413. The molecule has 4 heterocycles. The van der Waals surface area contributed by atoms with Crippen molar-refractivity contribution in [3.8, 4) is 21.8 Å². The number of fused-ring (bicyclic) bond motifs is 2. The molecule has 5 aromatic rings. The fourth-order valence-corrected chi connectivity index (χ4v) is 4.82. The van der Waals surface area contributed by atoms with Crippen molar-refractivity contribution in [2.45, 2.75) is 25.2 Å². The van der Waals surface area contributed by atoms with E-state index in [1.54, 1.807) is 23.6 Å². The molecular weight excluding hydrogens is 397 g/mol. The van der Waals surface area contributed by atoms with E-state index in [1.807, 2.05) is 46.3 Å². The summed E-state index contributed by atoms with van der Waals surface area (Å²) in [5.74, 6) is 1.28. The van der Waals surface area contributed by atoms with Gasteiger partial charge in [-0.15, -0.1) is 11.3 Å². The van der Waals surface area contributed by atoms with Crippen LogP contribution >= 0.6 is 11.3 Å². The number of aromatic nitrogens is 4. The predicted octanol–water partition coefficient (Wildman–Crippen LogP) is 5.66. The second kappa shape index (κ2) is 6.60. The summed E-state index contributed by atoms with van der Waals surface area (Å²) < 4.78 is 17.7. The van der Waals surface area contributed by atoms with E-state index >= 15 is 4.39 Å². The zero-order valence-electron chi connectivity index (χ0n) is 16.0. The van der Waals surface area contributed by atoms with Crippen LogP contribution in [0.1, 0.15) is 31.0 Å². The Morgan fingerprint density at radius 2 is 1.97 bits per heavy atom. The number of nitrogens with two attached hydrogens (primary N) is 1. The van der Waals surface area contributed by atoms with Crippen LogP contribution in [-0.4, -0.2) is 19.4 Å². The molecule has 0 radical (unpaired) electrons. The Morgan fingerprint density at radius 1 is 1.10 bits per heavy atom. The molecule has 30 heavy (non-hydrogen) atoms. The number of nitrogen functional groups attached to an aromatic ring is 1. The SMILES string of the molecule is Nc1nccn2c(C3CCC3)nc(-c3ccc4ccc(-c5cccs5)nc4c3F)c12. The Hall–Kier alpha value is -3.32. The van der Waals surface area contributed by atoms with Crippen molar-refractivity contribution in [1.82, 2.24) is 19.4 Å². The van der Waals surface area contributed by atoms with E-state index in [1.165, 1.54) is 6.42 Å². The molecule has 0 spiro atoms. The molecule has 6 rings (SSSR count). The lowest BCUT2D eigenvalue weighted by atomic mass is 9.85. The second-order valence-corrected chi connectivity index (χ2v) is 8.60. The minimum absolute atomic E-state index is 0.340. The van der Waals surface area contributed by atoms with Gasteiger partial charge in [0.1, 0.15) is 28.4 Å². The topological polar surface area (TPSA) is 69.1 Å². The molecule has 1 fully saturated rings. The molecule has 0 atom stereocenters. The van der Waals surface area contributed by atoms with E-state index in [9.17, 15) is 0 Å². The van der Waals surface area contributed by atoms with Crippen molar-refractivity contribution in [2.75, 3.05) is 5.73 Å². The zero-order valence-corrected chi connectivity index (χ0v) is 16.9. The molecule has 0 unspecified atom stereocenters. The molecule has 1 aliphatic rings. The molecular formula is C23H18FN5S. The highest BCUT2D eigenvalue weighted by atomic mass is 32.1. The molecule has 148 valence electrons. The summed E-state index contributed by atoms with van der Waals surface area (Å²) in [4.78, 5) is 14.7. The summed E-state index contributed by atoms with van der Waals surface area (Å²) in [6.45, 7) is 0. The van der Waals surface area contributed by atoms with Gasteiger partial charge in [0.25, 0.3) is 0 Å². The monoisotopic (exact) mass is 415 g/mol. The number of hydrogen-bond acceptors (Lipinski definition) is 5. The highest BCUT2D eigenvalue weighted by Crippen LogP contribution is 2.40. The number of imidazole rings is 1. The van der Waals surface area contributed by atoms with Crippen LogP contribution in [-0.2, 0) is 0 Å². The maximum atomic E-state index is 15.8. The van der Waals surface area contributed by atoms with Gasteiger partial charge < -0.3 is 5.73 Å². The van der Waals surface area contributed by atoms with Gasteiger partial charge in [-0.2, -0.15) is 0 Å². The van der Waals surface area contributed by atoms with Crippen LogP contribution < -0.4 is 5.73 Å². The summed E-state index contributed by atoms with van der Waals surface area (Å²) in [5.41, 5.74) is 8.91. The molecule has 0 aliphatic heterocycles. The first-order chi connectivity index (χ1) is 14.7. The van der Waals surface area contributed by atoms with E-state index in [0.717, 1.165) is 34.6 Å². The molecule has 1 aliphatic carbocycles. The molecule has 4 aromatic heterocycles. The smallest absolute Gasteiger partial charge is 0.158 e. The average molecular weight is 415 g/mol. The maximum Gasteiger partial charge on any atom is 0.158 e. The second-order valence-electron chi connectivity index (χ2n) is 7.65. The Bertz CT molecular complexity index is 1400. The van der Waals surface area contributed by atoms with Crippen LogP contribution in [0.4, 0.5) is 10.2 Å². The minimum atomic E-state index is -0.380. The third-order valence-electron chi connectivity index (χ3n) is 5.91. The van der Waals surface area contributed by atoms with Crippen molar-refractivity contribution in [3.05, 3.63) is 65.8 Å². The molecule has 0 saturated heterocycles. The number of thiophene rings is 1. The normalized spacial score (nSPS) is 14.4. The lowest BCUT2D eigenvalue weighted by molar-refractivity contribution is 0.400. The number of pyridine rings is 1. The van der Waals surface area contributed by atoms with Gasteiger partial charge in [-0.25, -0.2) is 19.3 Å². The summed E-state index contributed by atoms with van der Waals surface area (Å²) in [6, 6.07) is 11.4. The zero-order chi connectivity index (χ0) is 20.2. The van der Waals surface area contributed by atoms with Gasteiger partial charge in [-0.3, -0.25) is 4.40 Å². The van der Waals surface area contributed by atoms with Crippen molar-refractivity contribution in [3.63, 3.8) is 0 Å².